The van der Waals surface area contributed by atoms with E-state index in [0.717, 1.165) is 5.56 Å². The Hall–Kier alpha value is -1.02. The number of nitrogen functional groups attached to an aromatic ring is 1. The quantitative estimate of drug-likeness (QED) is 0.611. The molecule has 0 aromatic heterocycles. The molecular weight excluding hydrogens is 138 g/mol. The molecule has 0 fully saturated rings. The maximum Gasteiger partial charge on any atom is 0.123 e. The molecular formula is C9H12NO. The standard InChI is InChI=1S/C9H12NO/c1-9(2,11)7-4-3-5-8(10)6-7/h3-6H,10H2,1-2H3. The van der Waals surface area contributed by atoms with Gasteiger partial charge < -0.3 is 5.73 Å². The van der Waals surface area contributed by atoms with E-state index in [2.05, 4.69) is 0 Å². The van der Waals surface area contributed by atoms with Crippen LogP contribution in [-0.2, 0) is 10.7 Å². The van der Waals surface area contributed by atoms with E-state index >= 15 is 0 Å². The van der Waals surface area contributed by atoms with Crippen molar-refractivity contribution in [3.63, 3.8) is 0 Å². The minimum atomic E-state index is -1.05. The number of hydrogen-bond acceptors (Lipinski definition) is 1. The third-order valence-corrected chi connectivity index (χ3v) is 1.58. The van der Waals surface area contributed by atoms with E-state index in [-0.39, 0.29) is 0 Å². The van der Waals surface area contributed by atoms with Gasteiger partial charge in [0.15, 0.2) is 0 Å². The Kier molecular flexibility index (Phi) is 1.87. The highest BCUT2D eigenvalue weighted by molar-refractivity contribution is 5.42. The molecule has 2 N–H and O–H groups in total. The summed E-state index contributed by atoms with van der Waals surface area (Å²) in [6.07, 6.45) is 0. The van der Waals surface area contributed by atoms with E-state index in [4.69, 9.17) is 5.73 Å². The number of rotatable bonds is 1. The summed E-state index contributed by atoms with van der Waals surface area (Å²) in [6, 6.07) is 7.08. The maximum absolute atomic E-state index is 11.4. The molecule has 11 heavy (non-hydrogen) atoms. The van der Waals surface area contributed by atoms with Gasteiger partial charge in [-0.15, -0.1) is 0 Å². The summed E-state index contributed by atoms with van der Waals surface area (Å²) in [4.78, 5) is 0. The van der Waals surface area contributed by atoms with Crippen molar-refractivity contribution in [2.75, 3.05) is 5.73 Å². The van der Waals surface area contributed by atoms with Gasteiger partial charge in [0.05, 0.1) is 0 Å². The van der Waals surface area contributed by atoms with Gasteiger partial charge in [0, 0.05) is 5.69 Å². The molecule has 0 saturated heterocycles. The first kappa shape index (κ1) is 8.08. The highest BCUT2D eigenvalue weighted by Gasteiger charge is 2.17. The molecule has 1 rings (SSSR count). The second kappa shape index (κ2) is 2.55. The Bertz CT molecular complexity index is 250. The van der Waals surface area contributed by atoms with Crippen LogP contribution in [0.4, 0.5) is 5.69 Å². The smallest absolute Gasteiger partial charge is 0.123 e. The Labute approximate surface area is 66.7 Å². The molecule has 0 saturated carbocycles. The first-order valence-electron chi connectivity index (χ1n) is 3.56. The van der Waals surface area contributed by atoms with Gasteiger partial charge in [-0.2, -0.15) is 0 Å². The molecule has 0 atom stereocenters. The van der Waals surface area contributed by atoms with Crippen molar-refractivity contribution in [3.05, 3.63) is 29.8 Å². The Morgan fingerprint density at radius 1 is 1.36 bits per heavy atom. The zero-order chi connectivity index (χ0) is 8.48. The van der Waals surface area contributed by atoms with Crippen LogP contribution in [0, 0.1) is 0 Å². The SMILES string of the molecule is CC(C)([O])c1cccc(N)c1. The number of hydrogen-bond donors (Lipinski definition) is 1. The number of nitrogens with two attached hydrogens (primary N) is 1. The topological polar surface area (TPSA) is 45.9 Å². The summed E-state index contributed by atoms with van der Waals surface area (Å²) in [5.41, 5.74) is 5.85. The first-order valence-corrected chi connectivity index (χ1v) is 3.56. The molecule has 1 aromatic rings. The Morgan fingerprint density at radius 2 is 2.00 bits per heavy atom. The summed E-state index contributed by atoms with van der Waals surface area (Å²) in [7, 11) is 0. The largest absolute Gasteiger partial charge is 0.399 e. The van der Waals surface area contributed by atoms with Crippen LogP contribution in [0.25, 0.3) is 0 Å². The van der Waals surface area contributed by atoms with Gasteiger partial charge in [0.25, 0.3) is 0 Å². The van der Waals surface area contributed by atoms with E-state index in [1.807, 2.05) is 0 Å². The van der Waals surface area contributed by atoms with Crippen LogP contribution >= 0.6 is 0 Å². The van der Waals surface area contributed by atoms with Crippen molar-refractivity contribution in [2.24, 2.45) is 0 Å². The molecule has 2 heteroatoms. The van der Waals surface area contributed by atoms with E-state index < -0.39 is 5.60 Å². The van der Waals surface area contributed by atoms with Crippen molar-refractivity contribution >= 4 is 5.69 Å². The van der Waals surface area contributed by atoms with Gasteiger partial charge in [-0.1, -0.05) is 12.1 Å². The molecule has 0 aliphatic rings. The molecule has 1 aromatic carbocycles. The van der Waals surface area contributed by atoms with E-state index in [1.54, 1.807) is 38.1 Å². The monoisotopic (exact) mass is 150 g/mol. The van der Waals surface area contributed by atoms with Crippen molar-refractivity contribution in [2.45, 2.75) is 19.4 Å². The molecule has 0 aliphatic carbocycles. The van der Waals surface area contributed by atoms with Crippen LogP contribution in [0.5, 0.6) is 0 Å². The normalized spacial score (nSPS) is 11.5. The average molecular weight is 150 g/mol. The predicted octanol–water partition coefficient (Wildman–Crippen LogP) is 1.93. The zero-order valence-electron chi connectivity index (χ0n) is 6.79. The third kappa shape index (κ3) is 1.95. The highest BCUT2D eigenvalue weighted by atomic mass is 16.3. The summed E-state index contributed by atoms with van der Waals surface area (Å²) < 4.78 is 0. The van der Waals surface area contributed by atoms with Crippen LogP contribution in [-0.4, -0.2) is 0 Å². The van der Waals surface area contributed by atoms with E-state index in [1.165, 1.54) is 0 Å². The Morgan fingerprint density at radius 3 is 2.36 bits per heavy atom. The summed E-state index contributed by atoms with van der Waals surface area (Å²) in [6.45, 7) is 3.25. The molecule has 0 aliphatic heterocycles. The molecule has 1 radical (unpaired) electrons. The molecule has 0 heterocycles. The van der Waals surface area contributed by atoms with Crippen LogP contribution < -0.4 is 5.73 Å². The van der Waals surface area contributed by atoms with Gasteiger partial charge in [0.2, 0.25) is 0 Å². The lowest BCUT2D eigenvalue weighted by atomic mass is 9.98. The van der Waals surface area contributed by atoms with Crippen molar-refractivity contribution in [3.8, 4) is 0 Å². The van der Waals surface area contributed by atoms with Crippen molar-refractivity contribution in [1.29, 1.82) is 0 Å². The Balaban J connectivity index is 3.06. The van der Waals surface area contributed by atoms with E-state index in [9.17, 15) is 5.11 Å². The van der Waals surface area contributed by atoms with Gasteiger partial charge in [-0.05, 0) is 31.5 Å². The summed E-state index contributed by atoms with van der Waals surface area (Å²) in [5.74, 6) is 0. The first-order chi connectivity index (χ1) is 5.00. The second-order valence-electron chi connectivity index (χ2n) is 3.14. The minimum absolute atomic E-state index is 0.645. The number of anilines is 1. The predicted molar refractivity (Wildman–Crippen MR) is 44.6 cm³/mol. The minimum Gasteiger partial charge on any atom is -0.399 e. The van der Waals surface area contributed by atoms with Gasteiger partial charge >= 0.3 is 0 Å². The molecule has 59 valence electrons. The van der Waals surface area contributed by atoms with Gasteiger partial charge in [-0.3, -0.25) is 0 Å². The van der Waals surface area contributed by atoms with Crippen LogP contribution in [0.2, 0.25) is 0 Å². The lowest BCUT2D eigenvalue weighted by molar-refractivity contribution is -0.0000550. The van der Waals surface area contributed by atoms with E-state index in [0.29, 0.717) is 5.69 Å². The van der Waals surface area contributed by atoms with Crippen molar-refractivity contribution in [1.82, 2.24) is 0 Å². The zero-order valence-corrected chi connectivity index (χ0v) is 6.79. The molecule has 0 spiro atoms. The van der Waals surface area contributed by atoms with Gasteiger partial charge in [0.1, 0.15) is 5.60 Å². The third-order valence-electron chi connectivity index (χ3n) is 1.58. The highest BCUT2D eigenvalue weighted by Crippen LogP contribution is 2.21. The van der Waals surface area contributed by atoms with Crippen LogP contribution in [0.1, 0.15) is 19.4 Å². The summed E-state index contributed by atoms with van der Waals surface area (Å²) in [5, 5.41) is 11.4. The van der Waals surface area contributed by atoms with Crippen LogP contribution in [0.15, 0.2) is 24.3 Å². The number of benzene rings is 1. The fourth-order valence-corrected chi connectivity index (χ4v) is 0.913. The molecule has 0 amide bonds. The molecule has 2 nitrogen and oxygen atoms in total. The van der Waals surface area contributed by atoms with Gasteiger partial charge in [-0.25, -0.2) is 5.11 Å². The maximum atomic E-state index is 11.4. The average Bonchev–Trinajstić information content (AvgIpc) is 1.86. The summed E-state index contributed by atoms with van der Waals surface area (Å²) >= 11 is 0. The van der Waals surface area contributed by atoms with Crippen LogP contribution in [0.3, 0.4) is 0 Å². The fraction of sp³-hybridized carbons (Fsp3) is 0.333. The molecule has 0 bridgehead atoms. The fourth-order valence-electron chi connectivity index (χ4n) is 0.913. The lowest BCUT2D eigenvalue weighted by Crippen LogP contribution is -2.13. The molecule has 0 unspecified atom stereocenters. The lowest BCUT2D eigenvalue weighted by Gasteiger charge is -2.14. The van der Waals surface area contributed by atoms with Crippen molar-refractivity contribution < 1.29 is 5.11 Å². The second-order valence-corrected chi connectivity index (χ2v) is 3.14.